The van der Waals surface area contributed by atoms with Gasteiger partial charge in [0.1, 0.15) is 17.2 Å². The zero-order valence-corrected chi connectivity index (χ0v) is 19.1. The van der Waals surface area contributed by atoms with Gasteiger partial charge in [-0.25, -0.2) is 4.79 Å². The van der Waals surface area contributed by atoms with Crippen LogP contribution in [0.4, 0.5) is 0 Å². The molecule has 0 N–H and O–H groups in total. The summed E-state index contributed by atoms with van der Waals surface area (Å²) in [6.45, 7) is 0. The van der Waals surface area contributed by atoms with Crippen LogP contribution >= 0.6 is 0 Å². The third-order valence-electron chi connectivity index (χ3n) is 4.88. The van der Waals surface area contributed by atoms with Gasteiger partial charge in [-0.2, -0.15) is 0 Å². The highest BCUT2D eigenvalue weighted by Gasteiger charge is 2.20. The first-order valence-corrected chi connectivity index (χ1v) is 10.1. The van der Waals surface area contributed by atoms with Crippen molar-refractivity contribution in [3.63, 3.8) is 0 Å². The number of hydrogen-bond acceptors (Lipinski definition) is 7. The zero-order chi connectivity index (χ0) is 24.7. The molecule has 0 aliphatic rings. The Morgan fingerprint density at radius 2 is 1.00 bits per heavy atom. The summed E-state index contributed by atoms with van der Waals surface area (Å²) in [5.41, 5.74) is 1.69. The fourth-order valence-corrected chi connectivity index (χ4v) is 3.08. The number of ether oxygens (including phenoxy) is 4. The van der Waals surface area contributed by atoms with Crippen molar-refractivity contribution in [2.45, 2.75) is 0 Å². The monoisotopic (exact) mass is 458 g/mol. The Balaban J connectivity index is 1.91. The van der Waals surface area contributed by atoms with Gasteiger partial charge in [0.2, 0.25) is 11.6 Å². The Bertz CT molecular complexity index is 1270. The predicted octanol–water partition coefficient (Wildman–Crippen LogP) is 3.96. The van der Waals surface area contributed by atoms with Gasteiger partial charge in [-0.1, -0.05) is 24.0 Å². The van der Waals surface area contributed by atoms with Gasteiger partial charge in [0.05, 0.1) is 34.0 Å². The zero-order valence-electron chi connectivity index (χ0n) is 19.1. The maximum atomic E-state index is 12.9. The minimum Gasteiger partial charge on any atom is -0.497 e. The molecule has 0 fully saturated rings. The number of carbonyl (C=O) groups is 3. The Kier molecular flexibility index (Phi) is 7.67. The SMILES string of the molecule is COC(=O)c1ccc(C(=O)C(=O)c2cc(C#Cc3cc(OC)cc(OC)c3)cc(OC)c2)cc1. The molecular formula is C27H22O7. The van der Waals surface area contributed by atoms with Gasteiger partial charge in [-0.3, -0.25) is 9.59 Å². The number of benzene rings is 3. The molecule has 7 nitrogen and oxygen atoms in total. The second-order valence-electron chi connectivity index (χ2n) is 7.03. The summed E-state index contributed by atoms with van der Waals surface area (Å²) >= 11 is 0. The van der Waals surface area contributed by atoms with Gasteiger partial charge in [-0.15, -0.1) is 0 Å². The molecule has 3 aromatic carbocycles. The molecule has 0 bridgehead atoms. The molecule has 0 atom stereocenters. The standard InChI is InChI=1S/C27H22O7/c1-31-22-12-17(5-6-18-13-23(32-2)16-24(14-18)33-3)11-21(15-22)26(29)25(28)19-7-9-20(10-8-19)27(30)34-4/h7-16H,1-4H3. The van der Waals surface area contributed by atoms with Crippen molar-refractivity contribution in [2.24, 2.45) is 0 Å². The van der Waals surface area contributed by atoms with Gasteiger partial charge in [-0.05, 0) is 42.5 Å². The second kappa shape index (κ2) is 10.8. The molecule has 34 heavy (non-hydrogen) atoms. The summed E-state index contributed by atoms with van der Waals surface area (Å²) in [7, 11) is 5.82. The molecule has 0 aliphatic heterocycles. The van der Waals surface area contributed by atoms with E-state index < -0.39 is 17.5 Å². The number of ketones is 2. The fourth-order valence-electron chi connectivity index (χ4n) is 3.08. The van der Waals surface area contributed by atoms with Crippen molar-refractivity contribution in [3.05, 3.63) is 88.5 Å². The lowest BCUT2D eigenvalue weighted by Crippen LogP contribution is -2.15. The molecule has 0 unspecified atom stereocenters. The normalized spacial score (nSPS) is 9.88. The van der Waals surface area contributed by atoms with Crippen LogP contribution in [0.3, 0.4) is 0 Å². The first kappa shape index (κ1) is 24.1. The number of carbonyl (C=O) groups excluding carboxylic acids is 3. The van der Waals surface area contributed by atoms with E-state index in [1.165, 1.54) is 50.6 Å². The minimum atomic E-state index is -0.726. The van der Waals surface area contributed by atoms with E-state index in [0.29, 0.717) is 28.4 Å². The Morgan fingerprint density at radius 3 is 1.50 bits per heavy atom. The molecule has 0 radical (unpaired) electrons. The first-order chi connectivity index (χ1) is 16.4. The summed E-state index contributed by atoms with van der Waals surface area (Å²) in [6, 6.07) is 15.6. The van der Waals surface area contributed by atoms with Gasteiger partial charge in [0, 0.05) is 28.3 Å². The van der Waals surface area contributed by atoms with Gasteiger partial charge in [0.25, 0.3) is 0 Å². The molecule has 0 aliphatic carbocycles. The van der Waals surface area contributed by atoms with E-state index in [9.17, 15) is 14.4 Å². The molecule has 0 amide bonds. The Hall–Kier alpha value is -4.57. The van der Waals surface area contributed by atoms with Crippen LogP contribution in [0.25, 0.3) is 0 Å². The fraction of sp³-hybridized carbons (Fsp3) is 0.148. The van der Waals surface area contributed by atoms with Crippen LogP contribution in [0.1, 0.15) is 42.2 Å². The summed E-state index contributed by atoms with van der Waals surface area (Å²) in [5, 5.41) is 0. The largest absolute Gasteiger partial charge is 0.497 e. The van der Waals surface area contributed by atoms with E-state index in [4.69, 9.17) is 14.2 Å². The van der Waals surface area contributed by atoms with E-state index in [1.54, 1.807) is 38.5 Å². The van der Waals surface area contributed by atoms with Gasteiger partial charge < -0.3 is 18.9 Å². The molecule has 3 aromatic rings. The molecule has 3 rings (SSSR count). The summed E-state index contributed by atoms with van der Waals surface area (Å²) in [4.78, 5) is 37.2. The summed E-state index contributed by atoms with van der Waals surface area (Å²) in [5.74, 6) is 5.57. The Morgan fingerprint density at radius 1 is 0.559 bits per heavy atom. The smallest absolute Gasteiger partial charge is 0.337 e. The number of Topliss-reactive ketones (excluding diaryl/α,β-unsaturated/α-hetero) is 2. The molecular weight excluding hydrogens is 436 g/mol. The number of hydrogen-bond donors (Lipinski definition) is 0. The van der Waals surface area contributed by atoms with Crippen LogP contribution in [-0.4, -0.2) is 46.0 Å². The van der Waals surface area contributed by atoms with E-state index in [-0.39, 0.29) is 16.7 Å². The molecule has 7 heteroatoms. The lowest BCUT2D eigenvalue weighted by atomic mass is 9.99. The van der Waals surface area contributed by atoms with E-state index in [1.807, 2.05) is 0 Å². The molecule has 0 spiro atoms. The van der Waals surface area contributed by atoms with E-state index in [0.717, 1.165) is 0 Å². The van der Waals surface area contributed by atoms with Crippen molar-refractivity contribution >= 4 is 17.5 Å². The average molecular weight is 458 g/mol. The van der Waals surface area contributed by atoms with Crippen molar-refractivity contribution in [1.29, 1.82) is 0 Å². The van der Waals surface area contributed by atoms with Crippen LogP contribution < -0.4 is 14.2 Å². The number of rotatable bonds is 7. The van der Waals surface area contributed by atoms with E-state index >= 15 is 0 Å². The van der Waals surface area contributed by atoms with Crippen molar-refractivity contribution in [1.82, 2.24) is 0 Å². The molecule has 0 saturated carbocycles. The van der Waals surface area contributed by atoms with Crippen molar-refractivity contribution in [3.8, 4) is 29.1 Å². The predicted molar refractivity (Wildman–Crippen MR) is 125 cm³/mol. The third-order valence-corrected chi connectivity index (χ3v) is 4.88. The lowest BCUT2D eigenvalue weighted by molar-refractivity contribution is 0.0600. The second-order valence-corrected chi connectivity index (χ2v) is 7.03. The number of esters is 1. The van der Waals surface area contributed by atoms with Crippen LogP contribution in [0, 0.1) is 11.8 Å². The Labute approximate surface area is 197 Å². The summed E-state index contributed by atoms with van der Waals surface area (Å²) < 4.78 is 20.4. The maximum absolute atomic E-state index is 12.9. The average Bonchev–Trinajstić information content (AvgIpc) is 2.90. The number of methoxy groups -OCH3 is 4. The van der Waals surface area contributed by atoms with Crippen LogP contribution in [0.2, 0.25) is 0 Å². The van der Waals surface area contributed by atoms with Crippen LogP contribution in [-0.2, 0) is 4.74 Å². The topological polar surface area (TPSA) is 88.1 Å². The van der Waals surface area contributed by atoms with Gasteiger partial charge in [0.15, 0.2) is 0 Å². The molecule has 0 aromatic heterocycles. The van der Waals surface area contributed by atoms with Crippen molar-refractivity contribution in [2.75, 3.05) is 28.4 Å². The van der Waals surface area contributed by atoms with Crippen LogP contribution in [0.15, 0.2) is 60.7 Å². The highest BCUT2D eigenvalue weighted by Crippen LogP contribution is 2.23. The molecule has 172 valence electrons. The minimum absolute atomic E-state index is 0.133. The van der Waals surface area contributed by atoms with E-state index in [2.05, 4.69) is 16.6 Å². The molecule has 0 saturated heterocycles. The third kappa shape index (κ3) is 5.61. The molecule has 0 heterocycles. The highest BCUT2D eigenvalue weighted by atomic mass is 16.5. The first-order valence-electron chi connectivity index (χ1n) is 10.1. The van der Waals surface area contributed by atoms with Crippen molar-refractivity contribution < 1.29 is 33.3 Å². The quantitative estimate of drug-likeness (QED) is 0.229. The summed E-state index contributed by atoms with van der Waals surface area (Å²) in [6.07, 6.45) is 0. The lowest BCUT2D eigenvalue weighted by Gasteiger charge is -2.06. The van der Waals surface area contributed by atoms with Gasteiger partial charge >= 0.3 is 5.97 Å². The maximum Gasteiger partial charge on any atom is 0.337 e. The highest BCUT2D eigenvalue weighted by molar-refractivity contribution is 6.49. The van der Waals surface area contributed by atoms with Crippen LogP contribution in [0.5, 0.6) is 17.2 Å².